The average Bonchev–Trinajstić information content (AvgIpc) is 3.06. The highest BCUT2D eigenvalue weighted by Gasteiger charge is 2.31. The van der Waals surface area contributed by atoms with Crippen molar-refractivity contribution in [3.63, 3.8) is 0 Å². The number of aliphatic hydroxyl groups is 1. The summed E-state index contributed by atoms with van der Waals surface area (Å²) in [6.07, 6.45) is 5.05. The molecule has 4 rings (SSSR count). The van der Waals surface area contributed by atoms with E-state index in [-0.39, 0.29) is 49.0 Å². The Kier molecular flexibility index (Phi) is 12.1. The Hall–Kier alpha value is -4.28. The van der Waals surface area contributed by atoms with E-state index in [2.05, 4.69) is 10.3 Å². The van der Waals surface area contributed by atoms with Crippen LogP contribution in [0.4, 0.5) is 5.69 Å². The standard InChI is InChI=1S/C35H44N4O6/c1-24-21-39(25(2)23-40)35(43)30-20-29(37-33(41)27-11-6-5-7-12-27)13-14-31(30)45-26(3)10-8-9-19-44-32(24)22-38(4)34(42)28-15-17-36-18-16-28/h5-7,11-18,20,24-26,32,40H,8-10,19,21-23H2,1-4H3,(H,37,41)/t24-,25+,26-,32-/m1/s1. The third-order valence-electron chi connectivity index (χ3n) is 8.07. The maximum atomic E-state index is 14.3. The van der Waals surface area contributed by atoms with E-state index in [9.17, 15) is 19.5 Å². The molecule has 1 aromatic heterocycles. The highest BCUT2D eigenvalue weighted by molar-refractivity contribution is 6.05. The van der Waals surface area contributed by atoms with Gasteiger partial charge in [-0.1, -0.05) is 25.1 Å². The van der Waals surface area contributed by atoms with Crippen LogP contribution in [-0.4, -0.2) is 89.2 Å². The molecule has 3 aromatic rings. The van der Waals surface area contributed by atoms with Gasteiger partial charge in [0.2, 0.25) is 0 Å². The van der Waals surface area contributed by atoms with Gasteiger partial charge in [-0.05, 0) is 75.6 Å². The lowest BCUT2D eigenvalue weighted by Crippen LogP contribution is -2.48. The van der Waals surface area contributed by atoms with Crippen LogP contribution in [0.5, 0.6) is 5.75 Å². The van der Waals surface area contributed by atoms with Gasteiger partial charge in [-0.2, -0.15) is 0 Å². The first-order valence-corrected chi connectivity index (χ1v) is 15.5. The molecular weight excluding hydrogens is 572 g/mol. The van der Waals surface area contributed by atoms with Crippen molar-refractivity contribution < 1.29 is 29.0 Å². The number of fused-ring (bicyclic) bond motifs is 1. The van der Waals surface area contributed by atoms with Gasteiger partial charge in [-0.3, -0.25) is 19.4 Å². The van der Waals surface area contributed by atoms with Crippen LogP contribution < -0.4 is 10.1 Å². The average molecular weight is 617 g/mol. The van der Waals surface area contributed by atoms with Crippen molar-refractivity contribution in [3.05, 3.63) is 89.7 Å². The minimum Gasteiger partial charge on any atom is -0.490 e. The molecule has 0 spiro atoms. The van der Waals surface area contributed by atoms with Gasteiger partial charge in [0.05, 0.1) is 30.4 Å². The normalized spacial score (nSPS) is 20.2. The zero-order chi connectivity index (χ0) is 32.3. The van der Waals surface area contributed by atoms with Crippen molar-refractivity contribution in [2.24, 2.45) is 5.92 Å². The van der Waals surface area contributed by atoms with Gasteiger partial charge in [0.1, 0.15) is 5.75 Å². The number of carbonyl (C=O) groups excluding carboxylic acids is 3. The molecule has 240 valence electrons. The highest BCUT2D eigenvalue weighted by atomic mass is 16.5. The smallest absolute Gasteiger partial charge is 0.258 e. The molecule has 0 fully saturated rings. The van der Waals surface area contributed by atoms with Gasteiger partial charge < -0.3 is 29.7 Å². The summed E-state index contributed by atoms with van der Waals surface area (Å²) in [5.41, 5.74) is 1.78. The molecule has 0 radical (unpaired) electrons. The molecule has 2 aromatic carbocycles. The lowest BCUT2D eigenvalue weighted by Gasteiger charge is -2.36. The van der Waals surface area contributed by atoms with E-state index in [1.54, 1.807) is 90.8 Å². The highest BCUT2D eigenvalue weighted by Crippen LogP contribution is 2.29. The molecule has 0 unspecified atom stereocenters. The SMILES string of the molecule is C[C@@H]1CCCCO[C@H](CN(C)C(=O)c2ccncc2)[C@H](C)CN([C@@H](C)CO)C(=O)c2cc(NC(=O)c3ccccc3)ccc2O1. The second kappa shape index (κ2) is 16.2. The first-order valence-electron chi connectivity index (χ1n) is 15.5. The number of likely N-dealkylation sites (N-methyl/N-ethyl adjacent to an activating group) is 1. The Labute approximate surface area is 265 Å². The predicted molar refractivity (Wildman–Crippen MR) is 172 cm³/mol. The number of aliphatic hydroxyl groups excluding tert-OH is 1. The molecular formula is C35H44N4O6. The Morgan fingerprint density at radius 2 is 1.80 bits per heavy atom. The van der Waals surface area contributed by atoms with Crippen LogP contribution in [0.2, 0.25) is 0 Å². The number of amides is 3. The number of anilines is 1. The number of aromatic nitrogens is 1. The van der Waals surface area contributed by atoms with Crippen molar-refractivity contribution in [3.8, 4) is 5.75 Å². The van der Waals surface area contributed by atoms with E-state index in [0.29, 0.717) is 41.3 Å². The van der Waals surface area contributed by atoms with Gasteiger partial charge in [0, 0.05) is 61.9 Å². The van der Waals surface area contributed by atoms with Crippen molar-refractivity contribution in [2.75, 3.05) is 38.7 Å². The van der Waals surface area contributed by atoms with E-state index in [1.165, 1.54) is 0 Å². The quantitative estimate of drug-likeness (QED) is 0.387. The van der Waals surface area contributed by atoms with Crippen molar-refractivity contribution in [1.82, 2.24) is 14.8 Å². The molecule has 0 bridgehead atoms. The lowest BCUT2D eigenvalue weighted by molar-refractivity contribution is -0.0149. The van der Waals surface area contributed by atoms with Gasteiger partial charge in [0.15, 0.2) is 0 Å². The Morgan fingerprint density at radius 1 is 1.07 bits per heavy atom. The monoisotopic (exact) mass is 616 g/mol. The summed E-state index contributed by atoms with van der Waals surface area (Å²) >= 11 is 0. The van der Waals surface area contributed by atoms with E-state index in [1.807, 2.05) is 19.9 Å². The van der Waals surface area contributed by atoms with Crippen LogP contribution in [0.25, 0.3) is 0 Å². The van der Waals surface area contributed by atoms with E-state index < -0.39 is 6.04 Å². The number of nitrogens with one attached hydrogen (secondary N) is 1. The minimum absolute atomic E-state index is 0.144. The number of ether oxygens (including phenoxy) is 2. The Balaban J connectivity index is 1.63. The number of hydrogen-bond acceptors (Lipinski definition) is 7. The maximum absolute atomic E-state index is 14.3. The van der Waals surface area contributed by atoms with Crippen molar-refractivity contribution >= 4 is 23.4 Å². The third-order valence-corrected chi connectivity index (χ3v) is 8.07. The number of carbonyl (C=O) groups is 3. The second-order valence-corrected chi connectivity index (χ2v) is 11.8. The fourth-order valence-electron chi connectivity index (χ4n) is 5.32. The summed E-state index contributed by atoms with van der Waals surface area (Å²) < 4.78 is 12.6. The molecule has 3 amide bonds. The lowest BCUT2D eigenvalue weighted by atomic mass is 10.0. The summed E-state index contributed by atoms with van der Waals surface area (Å²) in [6, 6.07) is 16.8. The maximum Gasteiger partial charge on any atom is 0.258 e. The number of pyridine rings is 1. The Morgan fingerprint density at radius 3 is 2.51 bits per heavy atom. The van der Waals surface area contributed by atoms with Gasteiger partial charge in [-0.15, -0.1) is 0 Å². The Bertz CT molecular complexity index is 1420. The number of benzene rings is 2. The largest absolute Gasteiger partial charge is 0.490 e. The first kappa shape index (κ1) is 33.6. The molecule has 1 aliphatic heterocycles. The van der Waals surface area contributed by atoms with Crippen LogP contribution in [-0.2, 0) is 4.74 Å². The predicted octanol–water partition coefficient (Wildman–Crippen LogP) is 4.90. The zero-order valence-electron chi connectivity index (χ0n) is 26.5. The summed E-state index contributed by atoms with van der Waals surface area (Å²) in [7, 11) is 1.74. The van der Waals surface area contributed by atoms with Crippen molar-refractivity contribution in [1.29, 1.82) is 0 Å². The minimum atomic E-state index is -0.516. The summed E-state index contributed by atoms with van der Waals surface area (Å²) in [4.78, 5) is 47.6. The van der Waals surface area contributed by atoms with Gasteiger partial charge in [-0.25, -0.2) is 0 Å². The van der Waals surface area contributed by atoms with Crippen molar-refractivity contribution in [2.45, 2.75) is 58.3 Å². The fraction of sp³-hybridized carbons (Fsp3) is 0.429. The number of hydrogen-bond donors (Lipinski definition) is 2. The first-order chi connectivity index (χ1) is 21.7. The van der Waals surface area contributed by atoms with Crippen LogP contribution in [0.15, 0.2) is 73.1 Å². The van der Waals surface area contributed by atoms with E-state index in [4.69, 9.17) is 9.47 Å². The zero-order valence-corrected chi connectivity index (χ0v) is 26.5. The molecule has 10 nitrogen and oxygen atoms in total. The molecule has 0 aliphatic carbocycles. The molecule has 0 saturated heterocycles. The van der Waals surface area contributed by atoms with E-state index in [0.717, 1.165) is 19.3 Å². The number of rotatable bonds is 7. The molecule has 45 heavy (non-hydrogen) atoms. The van der Waals surface area contributed by atoms with Crippen LogP contribution >= 0.6 is 0 Å². The molecule has 0 saturated carbocycles. The van der Waals surface area contributed by atoms with Crippen LogP contribution in [0.1, 0.15) is 71.1 Å². The van der Waals surface area contributed by atoms with Crippen LogP contribution in [0.3, 0.4) is 0 Å². The van der Waals surface area contributed by atoms with Gasteiger partial charge in [0.25, 0.3) is 17.7 Å². The fourth-order valence-corrected chi connectivity index (χ4v) is 5.32. The second-order valence-electron chi connectivity index (χ2n) is 11.8. The van der Waals surface area contributed by atoms with E-state index >= 15 is 0 Å². The summed E-state index contributed by atoms with van der Waals surface area (Å²) in [5.74, 6) is -0.547. The number of nitrogens with zero attached hydrogens (tertiary/aromatic N) is 3. The molecule has 10 heteroatoms. The van der Waals surface area contributed by atoms with Gasteiger partial charge >= 0.3 is 0 Å². The molecule has 1 aliphatic rings. The molecule has 2 N–H and O–H groups in total. The topological polar surface area (TPSA) is 121 Å². The summed E-state index contributed by atoms with van der Waals surface area (Å²) in [6.45, 7) is 6.58. The molecule has 2 heterocycles. The summed E-state index contributed by atoms with van der Waals surface area (Å²) in [5, 5.41) is 13.1. The molecule has 4 atom stereocenters. The third kappa shape index (κ3) is 9.12. The van der Waals surface area contributed by atoms with Crippen LogP contribution in [0, 0.1) is 5.92 Å².